The molecule has 1 aromatic rings. The molecule has 1 aromatic carbocycles. The molecule has 0 unspecified atom stereocenters. The molecule has 0 aliphatic carbocycles. The van der Waals surface area contributed by atoms with Gasteiger partial charge in [-0.05, 0) is 18.2 Å². The fourth-order valence-electron chi connectivity index (χ4n) is 0.788. The quantitative estimate of drug-likeness (QED) is 0.516. The highest BCUT2D eigenvalue weighted by Gasteiger charge is 1.99. The number of rotatable bonds is 4. The van der Waals surface area contributed by atoms with Gasteiger partial charge < -0.3 is 0 Å². The van der Waals surface area contributed by atoms with Crippen LogP contribution in [0.15, 0.2) is 23.3 Å². The molecule has 3 nitrogen and oxygen atoms in total. The summed E-state index contributed by atoms with van der Waals surface area (Å²) in [6.07, 6.45) is 1.10. The zero-order valence-corrected chi connectivity index (χ0v) is 9.77. The van der Waals surface area contributed by atoms with Gasteiger partial charge in [0.1, 0.15) is 0 Å². The van der Waals surface area contributed by atoms with Crippen LogP contribution < -0.4 is 5.43 Å². The Kier molecular flexibility index (Phi) is 4.88. The van der Waals surface area contributed by atoms with E-state index < -0.39 is 0 Å². The van der Waals surface area contributed by atoms with Crippen molar-refractivity contribution < 1.29 is 4.79 Å². The van der Waals surface area contributed by atoms with Gasteiger partial charge in [-0.25, -0.2) is 0 Å². The maximum atomic E-state index is 10.8. The molecule has 6 heteroatoms. The highest BCUT2D eigenvalue weighted by Crippen LogP contribution is 2.25. The molecule has 0 aliphatic heterocycles. The topological polar surface area (TPSA) is 41.5 Å². The van der Waals surface area contributed by atoms with Crippen LogP contribution >= 0.6 is 34.8 Å². The Hall–Kier alpha value is -0.770. The van der Waals surface area contributed by atoms with Crippen LogP contribution in [0.4, 0.5) is 5.69 Å². The Morgan fingerprint density at radius 1 is 1.47 bits per heavy atom. The van der Waals surface area contributed by atoms with Crippen LogP contribution in [0.5, 0.6) is 0 Å². The monoisotopic (exact) mass is 264 g/mol. The smallest absolute Gasteiger partial charge is 0.190 e. The molecular weight excluding hydrogens is 258 g/mol. The van der Waals surface area contributed by atoms with Crippen LogP contribution in [0, 0.1) is 0 Å². The number of nitrogens with one attached hydrogen (secondary N) is 1. The minimum absolute atomic E-state index is 0.0977. The zero-order valence-electron chi connectivity index (χ0n) is 7.51. The van der Waals surface area contributed by atoms with E-state index in [9.17, 15) is 4.79 Å². The first-order valence-corrected chi connectivity index (χ1v) is 5.25. The molecule has 0 saturated heterocycles. The summed E-state index contributed by atoms with van der Waals surface area (Å²) in [5.74, 6) is -0.381. The van der Waals surface area contributed by atoms with Gasteiger partial charge in [-0.1, -0.05) is 23.2 Å². The van der Waals surface area contributed by atoms with Crippen LogP contribution in [0.25, 0.3) is 0 Å². The van der Waals surface area contributed by atoms with Gasteiger partial charge in [0, 0.05) is 5.02 Å². The van der Waals surface area contributed by atoms with Gasteiger partial charge in [0.15, 0.2) is 5.78 Å². The lowest BCUT2D eigenvalue weighted by Crippen LogP contribution is -2.02. The van der Waals surface area contributed by atoms with Crippen molar-refractivity contribution in [1.82, 2.24) is 0 Å². The first-order valence-electron chi connectivity index (χ1n) is 3.96. The number of halogens is 3. The minimum atomic E-state index is -0.283. The average Bonchev–Trinajstić information content (AvgIpc) is 2.21. The van der Waals surface area contributed by atoms with Gasteiger partial charge in [0.05, 0.1) is 22.8 Å². The fourth-order valence-corrected chi connectivity index (χ4v) is 1.31. The molecule has 80 valence electrons. The lowest BCUT2D eigenvalue weighted by Gasteiger charge is -2.02. The number of carbonyl (C=O) groups is 1. The number of Topliss-reactive ketones (excluding diaryl/α,β-unsaturated/α-hetero) is 1. The lowest BCUT2D eigenvalue weighted by atomic mass is 10.3. The summed E-state index contributed by atoms with van der Waals surface area (Å²) >= 11 is 16.8. The molecule has 0 atom stereocenters. The minimum Gasteiger partial charge on any atom is -0.292 e. The molecule has 1 rings (SSSR count). The van der Waals surface area contributed by atoms with Crippen molar-refractivity contribution in [3.05, 3.63) is 28.2 Å². The Labute approximate surface area is 102 Å². The van der Waals surface area contributed by atoms with E-state index in [1.165, 1.54) is 0 Å². The number of carbonyl (C=O) groups excluding carboxylic acids is 1. The number of benzene rings is 1. The molecule has 0 saturated carbocycles. The number of hydrogen-bond acceptors (Lipinski definition) is 3. The van der Waals surface area contributed by atoms with Gasteiger partial charge in [-0.15, -0.1) is 11.6 Å². The number of alkyl halides is 1. The highest BCUT2D eigenvalue weighted by atomic mass is 35.5. The maximum absolute atomic E-state index is 10.8. The molecule has 0 radical (unpaired) electrons. The molecule has 0 spiro atoms. The molecule has 15 heavy (non-hydrogen) atoms. The second-order valence-corrected chi connectivity index (χ2v) is 3.71. The Bertz CT molecular complexity index is 393. The van der Waals surface area contributed by atoms with Crippen LogP contribution in [-0.2, 0) is 4.79 Å². The lowest BCUT2D eigenvalue weighted by molar-refractivity contribution is -0.110. The van der Waals surface area contributed by atoms with Gasteiger partial charge in [-0.3, -0.25) is 10.2 Å². The predicted molar refractivity (Wildman–Crippen MR) is 64.3 cm³/mol. The molecule has 0 aliphatic rings. The number of nitrogens with zero attached hydrogens (tertiary/aromatic N) is 1. The predicted octanol–water partition coefficient (Wildman–Crippen LogP) is 3.20. The highest BCUT2D eigenvalue weighted by molar-refractivity contribution is 6.41. The van der Waals surface area contributed by atoms with E-state index in [-0.39, 0.29) is 11.7 Å². The summed E-state index contributed by atoms with van der Waals surface area (Å²) in [5, 5.41) is 4.63. The van der Waals surface area contributed by atoms with Crippen molar-refractivity contribution in [2.75, 3.05) is 11.3 Å². The van der Waals surface area contributed by atoms with Crippen LogP contribution in [0.1, 0.15) is 0 Å². The molecule has 0 aromatic heterocycles. The van der Waals surface area contributed by atoms with Crippen molar-refractivity contribution in [2.45, 2.75) is 0 Å². The number of hydrogen-bond donors (Lipinski definition) is 1. The van der Waals surface area contributed by atoms with E-state index in [1.807, 2.05) is 0 Å². The van der Waals surface area contributed by atoms with Crippen LogP contribution in [-0.4, -0.2) is 17.9 Å². The van der Waals surface area contributed by atoms with Gasteiger partial charge in [0.2, 0.25) is 0 Å². The third-order valence-electron chi connectivity index (χ3n) is 1.46. The Morgan fingerprint density at radius 3 is 2.80 bits per heavy atom. The standard InChI is InChI=1S/C9H7Cl3N2O/c10-4-7(15)5-13-14-9-2-1-6(11)3-8(9)12/h1-3,5,14H,4H2/b13-5+. The zero-order chi connectivity index (χ0) is 11.3. The number of anilines is 1. The van der Waals surface area contributed by atoms with Crippen molar-refractivity contribution in [2.24, 2.45) is 5.10 Å². The molecule has 1 N–H and O–H groups in total. The fraction of sp³-hybridized carbons (Fsp3) is 0.111. The molecule has 0 heterocycles. The summed E-state index contributed by atoms with van der Waals surface area (Å²) in [7, 11) is 0. The third kappa shape index (κ3) is 4.08. The third-order valence-corrected chi connectivity index (χ3v) is 2.27. The molecule has 0 bridgehead atoms. The second kappa shape index (κ2) is 5.95. The van der Waals surface area contributed by atoms with Crippen LogP contribution in [0.3, 0.4) is 0 Å². The molecular formula is C9H7Cl3N2O. The Balaban J connectivity index is 2.65. The van der Waals surface area contributed by atoms with Crippen LogP contribution in [0.2, 0.25) is 10.0 Å². The van der Waals surface area contributed by atoms with E-state index >= 15 is 0 Å². The van der Waals surface area contributed by atoms with E-state index in [4.69, 9.17) is 34.8 Å². The van der Waals surface area contributed by atoms with Crippen molar-refractivity contribution in [3.63, 3.8) is 0 Å². The van der Waals surface area contributed by atoms with Crippen molar-refractivity contribution in [3.8, 4) is 0 Å². The van der Waals surface area contributed by atoms with E-state index in [0.717, 1.165) is 6.21 Å². The summed E-state index contributed by atoms with van der Waals surface area (Å²) in [6.45, 7) is 0. The van der Waals surface area contributed by atoms with E-state index in [0.29, 0.717) is 15.7 Å². The summed E-state index contributed by atoms with van der Waals surface area (Å²) in [6, 6.07) is 4.90. The van der Waals surface area contributed by atoms with E-state index in [2.05, 4.69) is 10.5 Å². The summed E-state index contributed by atoms with van der Waals surface area (Å²) in [5.41, 5.74) is 3.17. The Morgan fingerprint density at radius 2 is 2.20 bits per heavy atom. The van der Waals surface area contributed by atoms with Gasteiger partial charge in [0.25, 0.3) is 0 Å². The average molecular weight is 266 g/mol. The van der Waals surface area contributed by atoms with Gasteiger partial charge in [-0.2, -0.15) is 5.10 Å². The normalized spacial score (nSPS) is 10.6. The van der Waals surface area contributed by atoms with Crippen molar-refractivity contribution in [1.29, 1.82) is 0 Å². The van der Waals surface area contributed by atoms with Gasteiger partial charge >= 0.3 is 0 Å². The number of hydrazone groups is 1. The largest absolute Gasteiger partial charge is 0.292 e. The maximum Gasteiger partial charge on any atom is 0.190 e. The van der Waals surface area contributed by atoms with Crippen molar-refractivity contribution >= 4 is 52.5 Å². The second-order valence-electron chi connectivity index (χ2n) is 2.59. The molecule has 0 fully saturated rings. The molecule has 0 amide bonds. The first-order chi connectivity index (χ1) is 7.13. The summed E-state index contributed by atoms with van der Waals surface area (Å²) < 4.78 is 0. The first kappa shape index (κ1) is 12.3. The van der Waals surface area contributed by atoms with E-state index in [1.54, 1.807) is 18.2 Å². The summed E-state index contributed by atoms with van der Waals surface area (Å²) in [4.78, 5) is 10.8. The SMILES string of the molecule is O=C(/C=N/Nc1ccc(Cl)cc1Cl)CCl. The number of ketones is 1.